The summed E-state index contributed by atoms with van der Waals surface area (Å²) < 4.78 is 5.76. The number of ether oxygens (including phenoxy) is 1. The first kappa shape index (κ1) is 10.4. The molecular weight excluding hydrogens is 222 g/mol. The monoisotopic (exact) mass is 237 g/mol. The summed E-state index contributed by atoms with van der Waals surface area (Å²) in [5.74, 6) is 1.07. The fraction of sp³-hybridized carbons (Fsp3) is 0.538. The lowest BCUT2D eigenvalue weighted by Gasteiger charge is -2.27. The average Bonchev–Trinajstić information content (AvgIpc) is 2.85. The maximum Gasteiger partial charge on any atom is 0.127 e. The molecule has 1 atom stereocenters. The van der Waals surface area contributed by atoms with Crippen LogP contribution in [0, 0.1) is 0 Å². The van der Waals surface area contributed by atoms with E-state index in [1.54, 1.807) is 0 Å². The van der Waals surface area contributed by atoms with Gasteiger partial charge in [-0.2, -0.15) is 0 Å². The van der Waals surface area contributed by atoms with Crippen LogP contribution >= 0.6 is 11.6 Å². The minimum atomic E-state index is 0.0410. The minimum absolute atomic E-state index is 0.0410. The van der Waals surface area contributed by atoms with Crippen molar-refractivity contribution in [2.75, 3.05) is 13.2 Å². The van der Waals surface area contributed by atoms with Crippen molar-refractivity contribution >= 4 is 11.6 Å². The van der Waals surface area contributed by atoms with Gasteiger partial charge in [0.25, 0.3) is 0 Å². The second-order valence-electron chi connectivity index (χ2n) is 4.90. The van der Waals surface area contributed by atoms with Crippen molar-refractivity contribution in [3.63, 3.8) is 0 Å². The van der Waals surface area contributed by atoms with Gasteiger partial charge in [-0.3, -0.25) is 0 Å². The molecule has 1 aromatic rings. The average molecular weight is 238 g/mol. The molecule has 0 radical (unpaired) electrons. The van der Waals surface area contributed by atoms with E-state index < -0.39 is 0 Å². The van der Waals surface area contributed by atoms with Gasteiger partial charge in [0.15, 0.2) is 0 Å². The number of halogens is 1. The van der Waals surface area contributed by atoms with E-state index in [9.17, 15) is 0 Å². The first-order valence-electron chi connectivity index (χ1n) is 5.90. The summed E-state index contributed by atoms with van der Waals surface area (Å²) in [6, 6.07) is 4.09. The number of hydrogen-bond donors (Lipinski definition) is 1. The Morgan fingerprint density at radius 3 is 3.06 bits per heavy atom. The van der Waals surface area contributed by atoms with E-state index in [-0.39, 0.29) is 5.54 Å². The Labute approximate surface area is 101 Å². The quantitative estimate of drug-likeness (QED) is 0.811. The highest BCUT2D eigenvalue weighted by molar-refractivity contribution is 6.30. The van der Waals surface area contributed by atoms with Crippen molar-refractivity contribution in [2.24, 2.45) is 0 Å². The molecule has 0 aliphatic carbocycles. The Hall–Kier alpha value is -0.730. The molecule has 3 rings (SSSR count). The molecule has 0 bridgehead atoms. The molecule has 16 heavy (non-hydrogen) atoms. The standard InChI is InChI=1S/C13H16ClNO/c1-13(4-2-5-15-13)11-8-10(14)7-9-3-6-16-12(9)11/h7-8,15H,2-6H2,1H3. The Balaban J connectivity index is 2.13. The van der Waals surface area contributed by atoms with Crippen LogP contribution in [-0.4, -0.2) is 13.2 Å². The first-order valence-corrected chi connectivity index (χ1v) is 6.28. The van der Waals surface area contributed by atoms with Crippen LogP contribution < -0.4 is 10.1 Å². The third kappa shape index (κ3) is 1.52. The minimum Gasteiger partial charge on any atom is -0.493 e. The van der Waals surface area contributed by atoms with Gasteiger partial charge in [-0.15, -0.1) is 0 Å². The topological polar surface area (TPSA) is 21.3 Å². The van der Waals surface area contributed by atoms with Gasteiger partial charge in [0.2, 0.25) is 0 Å². The lowest BCUT2D eigenvalue weighted by atomic mass is 9.88. The zero-order chi connectivity index (χ0) is 11.2. The summed E-state index contributed by atoms with van der Waals surface area (Å²) in [6.07, 6.45) is 3.36. The zero-order valence-electron chi connectivity index (χ0n) is 9.48. The molecule has 3 heteroatoms. The van der Waals surface area contributed by atoms with E-state index in [0.717, 1.165) is 36.8 Å². The molecule has 0 saturated carbocycles. The van der Waals surface area contributed by atoms with Crippen LogP contribution in [0.5, 0.6) is 5.75 Å². The third-order valence-electron chi connectivity index (χ3n) is 3.71. The zero-order valence-corrected chi connectivity index (χ0v) is 10.2. The van der Waals surface area contributed by atoms with E-state index in [1.165, 1.54) is 17.5 Å². The largest absolute Gasteiger partial charge is 0.493 e. The van der Waals surface area contributed by atoms with E-state index in [1.807, 2.05) is 6.07 Å². The maximum absolute atomic E-state index is 6.19. The van der Waals surface area contributed by atoms with Crippen molar-refractivity contribution in [2.45, 2.75) is 31.7 Å². The number of hydrogen-bond acceptors (Lipinski definition) is 2. The predicted molar refractivity (Wildman–Crippen MR) is 65.2 cm³/mol. The Morgan fingerprint density at radius 1 is 1.44 bits per heavy atom. The molecule has 86 valence electrons. The van der Waals surface area contributed by atoms with Crippen LogP contribution in [0.4, 0.5) is 0 Å². The van der Waals surface area contributed by atoms with Crippen LogP contribution in [0.15, 0.2) is 12.1 Å². The van der Waals surface area contributed by atoms with Crippen LogP contribution in [0.25, 0.3) is 0 Å². The van der Waals surface area contributed by atoms with Crippen molar-refractivity contribution in [1.29, 1.82) is 0 Å². The summed E-state index contributed by atoms with van der Waals surface area (Å²) in [6.45, 7) is 4.12. The van der Waals surface area contributed by atoms with Crippen LogP contribution in [0.2, 0.25) is 5.02 Å². The highest BCUT2D eigenvalue weighted by atomic mass is 35.5. The fourth-order valence-electron chi connectivity index (χ4n) is 2.80. The lowest BCUT2D eigenvalue weighted by molar-refractivity contribution is 0.335. The Bertz CT molecular complexity index is 424. The predicted octanol–water partition coefficient (Wildman–Crippen LogP) is 2.87. The van der Waals surface area contributed by atoms with E-state index >= 15 is 0 Å². The summed E-state index contributed by atoms with van der Waals surface area (Å²) in [4.78, 5) is 0. The van der Waals surface area contributed by atoms with Gasteiger partial charge >= 0.3 is 0 Å². The molecule has 1 N–H and O–H groups in total. The third-order valence-corrected chi connectivity index (χ3v) is 3.93. The number of nitrogens with one attached hydrogen (secondary N) is 1. The van der Waals surface area contributed by atoms with Gasteiger partial charge in [-0.1, -0.05) is 11.6 Å². The smallest absolute Gasteiger partial charge is 0.127 e. The highest BCUT2D eigenvalue weighted by Crippen LogP contribution is 2.42. The summed E-state index contributed by atoms with van der Waals surface area (Å²) >= 11 is 6.19. The fourth-order valence-corrected chi connectivity index (χ4v) is 3.04. The van der Waals surface area contributed by atoms with E-state index in [4.69, 9.17) is 16.3 Å². The molecule has 1 saturated heterocycles. The normalized spacial score (nSPS) is 27.9. The molecule has 0 spiro atoms. The highest BCUT2D eigenvalue weighted by Gasteiger charge is 2.35. The molecule has 0 amide bonds. The Morgan fingerprint density at radius 2 is 2.31 bits per heavy atom. The summed E-state index contributed by atoms with van der Waals surface area (Å²) in [5.41, 5.74) is 2.54. The Kier molecular flexibility index (Phi) is 2.37. The van der Waals surface area contributed by atoms with Crippen LogP contribution in [-0.2, 0) is 12.0 Å². The van der Waals surface area contributed by atoms with Crippen molar-refractivity contribution < 1.29 is 4.74 Å². The van der Waals surface area contributed by atoms with Gasteiger partial charge in [0, 0.05) is 22.5 Å². The summed E-state index contributed by atoms with van der Waals surface area (Å²) in [5, 5.41) is 4.40. The second kappa shape index (κ2) is 3.64. The molecule has 1 unspecified atom stereocenters. The molecular formula is C13H16ClNO. The molecule has 2 heterocycles. The van der Waals surface area contributed by atoms with Crippen molar-refractivity contribution in [1.82, 2.24) is 5.32 Å². The molecule has 2 aliphatic heterocycles. The molecule has 2 aliphatic rings. The number of rotatable bonds is 1. The van der Waals surface area contributed by atoms with Gasteiger partial charge in [0.1, 0.15) is 5.75 Å². The summed E-state index contributed by atoms with van der Waals surface area (Å²) in [7, 11) is 0. The molecule has 1 aromatic carbocycles. The van der Waals surface area contributed by atoms with Crippen molar-refractivity contribution in [3.05, 3.63) is 28.3 Å². The molecule has 0 aromatic heterocycles. The lowest BCUT2D eigenvalue weighted by Crippen LogP contribution is -2.33. The number of benzene rings is 1. The van der Waals surface area contributed by atoms with Crippen LogP contribution in [0.3, 0.4) is 0 Å². The van der Waals surface area contributed by atoms with E-state index in [0.29, 0.717) is 0 Å². The van der Waals surface area contributed by atoms with Gasteiger partial charge in [-0.25, -0.2) is 0 Å². The van der Waals surface area contributed by atoms with Gasteiger partial charge in [0.05, 0.1) is 6.61 Å². The van der Waals surface area contributed by atoms with Gasteiger partial charge < -0.3 is 10.1 Å². The first-order chi connectivity index (χ1) is 7.69. The number of fused-ring (bicyclic) bond motifs is 1. The van der Waals surface area contributed by atoms with Crippen LogP contribution in [0.1, 0.15) is 30.9 Å². The molecule has 2 nitrogen and oxygen atoms in total. The SMILES string of the molecule is CC1(c2cc(Cl)cc3c2OCC3)CCCN1. The second-order valence-corrected chi connectivity index (χ2v) is 5.34. The van der Waals surface area contributed by atoms with Gasteiger partial charge in [-0.05, 0) is 44.0 Å². The van der Waals surface area contributed by atoms with E-state index in [2.05, 4.69) is 18.3 Å². The van der Waals surface area contributed by atoms with Crippen molar-refractivity contribution in [3.8, 4) is 5.75 Å². The maximum atomic E-state index is 6.19. The molecule has 1 fully saturated rings.